The molecule has 2 aliphatic rings. The summed E-state index contributed by atoms with van der Waals surface area (Å²) in [5.41, 5.74) is -0.586. The van der Waals surface area contributed by atoms with E-state index >= 15 is 0 Å². The number of carbonyl (C=O) groups is 2. The van der Waals surface area contributed by atoms with E-state index in [0.29, 0.717) is 25.7 Å². The van der Waals surface area contributed by atoms with Crippen LogP contribution >= 0.6 is 0 Å². The number of hydrogen-bond donors (Lipinski definition) is 1. The Kier molecular flexibility index (Phi) is 9.69. The number of amides is 2. The summed E-state index contributed by atoms with van der Waals surface area (Å²) in [5.74, 6) is 0.349. The fourth-order valence-electron chi connectivity index (χ4n) is 5.10. The second-order valence-corrected chi connectivity index (χ2v) is 10.2. The molecule has 1 aliphatic heterocycles. The van der Waals surface area contributed by atoms with Crippen LogP contribution in [0.1, 0.15) is 70.8 Å². The molecule has 1 aliphatic carbocycles. The molecule has 2 amide bonds. The molecule has 1 N–H and O–H groups in total. The molecule has 3 rings (SSSR count). The van der Waals surface area contributed by atoms with Crippen molar-refractivity contribution in [2.75, 3.05) is 36.5 Å². The molecule has 0 spiro atoms. The van der Waals surface area contributed by atoms with Crippen molar-refractivity contribution < 1.29 is 27.5 Å². The van der Waals surface area contributed by atoms with Gasteiger partial charge >= 0.3 is 12.3 Å². The van der Waals surface area contributed by atoms with Gasteiger partial charge in [-0.05, 0) is 62.1 Å². The molecule has 1 aromatic carbocycles. The third kappa shape index (κ3) is 8.04. The Balaban J connectivity index is 1.66. The minimum absolute atomic E-state index is 0.0532. The van der Waals surface area contributed by atoms with Gasteiger partial charge in [-0.1, -0.05) is 33.1 Å². The van der Waals surface area contributed by atoms with Gasteiger partial charge in [-0.15, -0.1) is 0 Å². The first kappa shape index (κ1) is 27.1. The summed E-state index contributed by atoms with van der Waals surface area (Å²) in [4.78, 5) is 27.3. The van der Waals surface area contributed by atoms with Crippen LogP contribution in [0.25, 0.3) is 0 Å². The van der Waals surface area contributed by atoms with Crippen LogP contribution in [-0.2, 0) is 15.7 Å². The molecule has 0 radical (unpaired) electrons. The van der Waals surface area contributed by atoms with Gasteiger partial charge in [0.2, 0.25) is 6.41 Å². The predicted octanol–water partition coefficient (Wildman–Crippen LogP) is 6.31. The van der Waals surface area contributed by atoms with E-state index in [-0.39, 0.29) is 29.8 Å². The van der Waals surface area contributed by atoms with Crippen molar-refractivity contribution >= 4 is 23.9 Å². The molecular formula is C26H38F3N3O3. The summed E-state index contributed by atoms with van der Waals surface area (Å²) in [5, 5.41) is 2.40. The second-order valence-electron chi connectivity index (χ2n) is 10.2. The van der Waals surface area contributed by atoms with E-state index in [9.17, 15) is 22.8 Å². The SMILES string of the molecule is CC(C)COC(=O)Nc1ccc(N2CCCC(CCN(C=O)C3CCCCC3)C2)c(C(F)(F)F)c1. The van der Waals surface area contributed by atoms with Gasteiger partial charge in [-0.3, -0.25) is 10.1 Å². The number of alkyl halides is 3. The van der Waals surface area contributed by atoms with Crippen LogP contribution in [0.4, 0.5) is 29.3 Å². The zero-order valence-electron chi connectivity index (χ0n) is 20.8. The summed E-state index contributed by atoms with van der Waals surface area (Å²) in [6.45, 7) is 5.66. The van der Waals surface area contributed by atoms with Gasteiger partial charge in [-0.2, -0.15) is 13.2 Å². The summed E-state index contributed by atoms with van der Waals surface area (Å²) >= 11 is 0. The largest absolute Gasteiger partial charge is 0.449 e. The smallest absolute Gasteiger partial charge is 0.418 e. The van der Waals surface area contributed by atoms with E-state index in [1.54, 1.807) is 4.90 Å². The molecular weight excluding hydrogens is 459 g/mol. The van der Waals surface area contributed by atoms with Crippen molar-refractivity contribution in [1.29, 1.82) is 0 Å². The first-order valence-electron chi connectivity index (χ1n) is 12.8. The Labute approximate surface area is 206 Å². The zero-order valence-corrected chi connectivity index (χ0v) is 20.8. The van der Waals surface area contributed by atoms with Crippen LogP contribution in [0.3, 0.4) is 0 Å². The fourth-order valence-corrected chi connectivity index (χ4v) is 5.10. The third-order valence-electron chi connectivity index (χ3n) is 6.93. The van der Waals surface area contributed by atoms with Crippen LogP contribution in [0.2, 0.25) is 0 Å². The van der Waals surface area contributed by atoms with Gasteiger partial charge in [0, 0.05) is 37.1 Å². The molecule has 1 saturated heterocycles. The highest BCUT2D eigenvalue weighted by Crippen LogP contribution is 2.40. The number of benzene rings is 1. The van der Waals surface area contributed by atoms with Crippen molar-refractivity contribution in [2.45, 2.75) is 77.4 Å². The number of carbonyl (C=O) groups excluding carboxylic acids is 2. The monoisotopic (exact) mass is 497 g/mol. The lowest BCUT2D eigenvalue weighted by atomic mass is 9.91. The van der Waals surface area contributed by atoms with Gasteiger partial charge in [-0.25, -0.2) is 4.79 Å². The molecule has 1 atom stereocenters. The predicted molar refractivity (Wildman–Crippen MR) is 130 cm³/mol. The van der Waals surface area contributed by atoms with E-state index in [2.05, 4.69) is 5.32 Å². The molecule has 35 heavy (non-hydrogen) atoms. The fraction of sp³-hybridized carbons (Fsp3) is 0.692. The lowest BCUT2D eigenvalue weighted by Crippen LogP contribution is -2.40. The number of nitrogens with zero attached hydrogens (tertiary/aromatic N) is 2. The Morgan fingerprint density at radius 3 is 2.60 bits per heavy atom. The van der Waals surface area contributed by atoms with Crippen molar-refractivity contribution in [3.63, 3.8) is 0 Å². The minimum atomic E-state index is -4.56. The van der Waals surface area contributed by atoms with Gasteiger partial charge in [0.05, 0.1) is 12.2 Å². The molecule has 2 fully saturated rings. The van der Waals surface area contributed by atoms with E-state index in [4.69, 9.17) is 4.74 Å². The maximum Gasteiger partial charge on any atom is 0.418 e. The maximum atomic E-state index is 14.0. The number of ether oxygens (including phenoxy) is 1. The highest BCUT2D eigenvalue weighted by atomic mass is 19.4. The number of nitrogens with one attached hydrogen (secondary N) is 1. The first-order chi connectivity index (χ1) is 16.7. The Hall–Kier alpha value is -2.45. The van der Waals surface area contributed by atoms with Crippen LogP contribution < -0.4 is 10.2 Å². The van der Waals surface area contributed by atoms with Crippen molar-refractivity contribution in [3.8, 4) is 0 Å². The summed E-state index contributed by atoms with van der Waals surface area (Å²) in [6.07, 6.45) is 3.73. The Morgan fingerprint density at radius 1 is 1.20 bits per heavy atom. The molecule has 0 bridgehead atoms. The highest BCUT2D eigenvalue weighted by molar-refractivity contribution is 5.85. The summed E-state index contributed by atoms with van der Waals surface area (Å²) in [7, 11) is 0. The van der Waals surface area contributed by atoms with Crippen LogP contribution in [-0.4, -0.2) is 49.7 Å². The van der Waals surface area contributed by atoms with E-state index in [0.717, 1.165) is 57.4 Å². The molecule has 1 heterocycles. The number of anilines is 2. The first-order valence-corrected chi connectivity index (χ1v) is 12.8. The van der Waals surface area contributed by atoms with E-state index in [1.807, 2.05) is 18.7 Å². The third-order valence-corrected chi connectivity index (χ3v) is 6.93. The normalized spacial score (nSPS) is 19.5. The van der Waals surface area contributed by atoms with Crippen molar-refractivity contribution in [3.05, 3.63) is 23.8 Å². The van der Waals surface area contributed by atoms with Gasteiger partial charge in [0.1, 0.15) is 0 Å². The standard InChI is InChI=1S/C26H38F3N3O3/c1-19(2)17-35-25(34)30-21-10-11-24(23(15-21)26(27,28)29)31-13-6-7-20(16-31)12-14-32(18-33)22-8-4-3-5-9-22/h10-11,15,18-20,22H,3-9,12-14,16-17H2,1-2H3,(H,30,34). The Bertz CT molecular complexity index is 841. The quantitative estimate of drug-likeness (QED) is 0.406. The lowest BCUT2D eigenvalue weighted by Gasteiger charge is -2.37. The minimum Gasteiger partial charge on any atom is -0.449 e. The molecule has 196 valence electrons. The zero-order chi connectivity index (χ0) is 25.4. The highest BCUT2D eigenvalue weighted by Gasteiger charge is 2.36. The maximum absolute atomic E-state index is 14.0. The van der Waals surface area contributed by atoms with E-state index in [1.165, 1.54) is 18.6 Å². The second kappa shape index (κ2) is 12.5. The topological polar surface area (TPSA) is 61.9 Å². The van der Waals surface area contributed by atoms with Gasteiger partial charge in [0.25, 0.3) is 0 Å². The van der Waals surface area contributed by atoms with Gasteiger partial charge in [0.15, 0.2) is 0 Å². The average Bonchev–Trinajstić information content (AvgIpc) is 2.83. The lowest BCUT2D eigenvalue weighted by molar-refractivity contribution is -0.137. The number of hydrogen-bond acceptors (Lipinski definition) is 4. The summed E-state index contributed by atoms with van der Waals surface area (Å²) < 4.78 is 46.9. The van der Waals surface area contributed by atoms with Gasteiger partial charge < -0.3 is 14.5 Å². The molecule has 9 heteroatoms. The molecule has 1 saturated carbocycles. The van der Waals surface area contributed by atoms with Crippen molar-refractivity contribution in [1.82, 2.24) is 4.90 Å². The van der Waals surface area contributed by atoms with Crippen LogP contribution in [0, 0.1) is 11.8 Å². The summed E-state index contributed by atoms with van der Waals surface area (Å²) in [6, 6.07) is 4.20. The van der Waals surface area contributed by atoms with Crippen LogP contribution in [0.5, 0.6) is 0 Å². The van der Waals surface area contributed by atoms with Crippen molar-refractivity contribution in [2.24, 2.45) is 11.8 Å². The molecule has 0 aromatic heterocycles. The number of halogens is 3. The van der Waals surface area contributed by atoms with E-state index < -0.39 is 17.8 Å². The average molecular weight is 498 g/mol. The number of rotatable bonds is 9. The molecule has 6 nitrogen and oxygen atoms in total. The van der Waals surface area contributed by atoms with Crippen LogP contribution in [0.15, 0.2) is 18.2 Å². The number of piperidine rings is 1. The Morgan fingerprint density at radius 2 is 1.94 bits per heavy atom. The molecule has 1 aromatic rings. The molecule has 1 unspecified atom stereocenters.